The Hall–Kier alpha value is -1.78. The third kappa shape index (κ3) is 51.1. The summed E-state index contributed by atoms with van der Waals surface area (Å²) in [6.07, 6.45) is 51.7. The lowest BCUT2D eigenvalue weighted by molar-refractivity contribution is -0.161. The first-order valence-electron chi connectivity index (χ1n) is 29.6. The number of phosphoric acid groups is 1. The minimum Gasteiger partial charge on any atom is -0.462 e. The van der Waals surface area contributed by atoms with E-state index in [4.69, 9.17) is 23.3 Å². The van der Waals surface area contributed by atoms with Crippen LogP contribution >= 0.6 is 7.82 Å². The lowest BCUT2D eigenvalue weighted by atomic mass is 10.0. The second kappa shape index (κ2) is 53.5. The van der Waals surface area contributed by atoms with Crippen LogP contribution in [-0.4, -0.2) is 66.5 Å². The second-order valence-electron chi connectivity index (χ2n) is 20.2. The van der Waals surface area contributed by atoms with Crippen LogP contribution in [0.5, 0.6) is 0 Å². The van der Waals surface area contributed by atoms with Crippen molar-refractivity contribution in [1.29, 1.82) is 0 Å². The fourth-order valence-electron chi connectivity index (χ4n) is 8.65. The average molecular weight is 1020 g/mol. The van der Waals surface area contributed by atoms with E-state index in [0.29, 0.717) is 19.3 Å². The van der Waals surface area contributed by atoms with Gasteiger partial charge in [-0.1, -0.05) is 251 Å². The van der Waals surface area contributed by atoms with E-state index >= 15 is 0 Å². The molecule has 0 saturated heterocycles. The van der Waals surface area contributed by atoms with E-state index in [0.717, 1.165) is 77.0 Å². The minimum absolute atomic E-state index is 0.164. The number of hydrogen-bond donors (Lipinski definition) is 2. The Bertz CT molecular complexity index is 1230. The van der Waals surface area contributed by atoms with Gasteiger partial charge in [0.1, 0.15) is 12.7 Å². The normalized spacial score (nSPS) is 13.4. The zero-order valence-corrected chi connectivity index (χ0v) is 46.7. The van der Waals surface area contributed by atoms with Gasteiger partial charge in [0.05, 0.1) is 19.8 Å². The summed E-state index contributed by atoms with van der Waals surface area (Å²) in [4.78, 5) is 48.5. The van der Waals surface area contributed by atoms with Crippen molar-refractivity contribution in [2.75, 3.05) is 26.4 Å². The zero-order chi connectivity index (χ0) is 51.3. The largest absolute Gasteiger partial charge is 0.472 e. The molecule has 0 heterocycles. The zero-order valence-electron chi connectivity index (χ0n) is 45.8. The molecule has 0 saturated carbocycles. The van der Waals surface area contributed by atoms with Gasteiger partial charge in [0.2, 0.25) is 0 Å². The molecule has 12 heteroatoms. The number of unbranched alkanes of at least 4 members (excludes halogenated alkanes) is 37. The molecule has 0 aromatic heterocycles. The number of hydrogen-bond acceptors (Lipinski definition) is 10. The minimum atomic E-state index is -4.74. The lowest BCUT2D eigenvalue weighted by Gasteiger charge is -2.21. The molecule has 0 fully saturated rings. The predicted octanol–water partition coefficient (Wildman–Crippen LogP) is 17.3. The molecule has 0 rings (SSSR count). The highest BCUT2D eigenvalue weighted by atomic mass is 31.2. The summed E-state index contributed by atoms with van der Waals surface area (Å²) in [7, 11) is -4.74. The monoisotopic (exact) mass is 1010 g/mol. The first-order chi connectivity index (χ1) is 34.2. The first kappa shape index (κ1) is 68.2. The van der Waals surface area contributed by atoms with Gasteiger partial charge in [-0.2, -0.15) is 0 Å². The summed E-state index contributed by atoms with van der Waals surface area (Å²) < 4.78 is 39.5. The highest BCUT2D eigenvalue weighted by Crippen LogP contribution is 2.43. The van der Waals surface area contributed by atoms with Crippen molar-refractivity contribution in [2.24, 2.45) is 0 Å². The van der Waals surface area contributed by atoms with E-state index in [-0.39, 0.29) is 25.9 Å². The molecular formula is C58H111O11P. The van der Waals surface area contributed by atoms with Gasteiger partial charge in [-0.3, -0.25) is 23.4 Å². The fourth-order valence-corrected chi connectivity index (χ4v) is 9.43. The number of aliphatic hydroxyl groups excluding tert-OH is 1. The van der Waals surface area contributed by atoms with E-state index in [1.165, 1.54) is 167 Å². The maximum atomic E-state index is 12.9. The van der Waals surface area contributed by atoms with Gasteiger partial charge in [-0.05, 0) is 44.9 Å². The number of carbonyl (C=O) groups excluding carboxylic acids is 3. The van der Waals surface area contributed by atoms with Crippen LogP contribution in [0.2, 0.25) is 0 Å². The highest BCUT2D eigenvalue weighted by Gasteiger charge is 2.28. The van der Waals surface area contributed by atoms with Crippen LogP contribution in [0, 0.1) is 0 Å². The third-order valence-corrected chi connectivity index (χ3v) is 14.1. The molecule has 0 aliphatic heterocycles. The molecule has 414 valence electrons. The van der Waals surface area contributed by atoms with Crippen LogP contribution in [0.25, 0.3) is 0 Å². The number of esters is 3. The van der Waals surface area contributed by atoms with Crippen LogP contribution < -0.4 is 0 Å². The number of ether oxygens (including phenoxy) is 3. The Balaban J connectivity index is 4.65. The Kier molecular flexibility index (Phi) is 52.1. The Morgan fingerprint density at radius 2 is 0.657 bits per heavy atom. The molecule has 0 aromatic rings. The predicted molar refractivity (Wildman–Crippen MR) is 289 cm³/mol. The molecule has 3 unspecified atom stereocenters. The Labute approximate surface area is 430 Å². The van der Waals surface area contributed by atoms with Gasteiger partial charge in [0.15, 0.2) is 6.10 Å². The standard InChI is InChI=1S/C58H111O11P/c1-4-7-10-13-16-19-22-25-26-27-28-31-32-35-38-41-44-47-56(60)65-51-55(69-58(62)49-46-43-40-37-34-30-24-21-18-15-12-9-6-3)53-67-70(63,64)66-52-54(50-59)68-57(61)48-45-42-39-36-33-29-23-20-17-14-11-8-5-2/h21,24,54-55,59H,4-20,22-23,25-53H2,1-3H3,(H,63,64)/b24-21-. The lowest BCUT2D eigenvalue weighted by Crippen LogP contribution is -2.30. The maximum absolute atomic E-state index is 12.9. The third-order valence-electron chi connectivity index (χ3n) is 13.2. The van der Waals surface area contributed by atoms with Gasteiger partial charge in [0.25, 0.3) is 0 Å². The molecular weight excluding hydrogens is 904 g/mol. The van der Waals surface area contributed by atoms with Crippen LogP contribution in [-0.2, 0) is 42.2 Å². The van der Waals surface area contributed by atoms with Crippen LogP contribution in [0.1, 0.15) is 303 Å². The fraction of sp³-hybridized carbons (Fsp3) is 0.914. The number of phosphoric ester groups is 1. The summed E-state index contributed by atoms with van der Waals surface area (Å²) >= 11 is 0. The molecule has 0 radical (unpaired) electrons. The molecule has 0 bridgehead atoms. The van der Waals surface area contributed by atoms with E-state index in [1.807, 2.05) is 0 Å². The van der Waals surface area contributed by atoms with Gasteiger partial charge in [-0.25, -0.2) is 4.57 Å². The Morgan fingerprint density at radius 3 is 1.00 bits per heavy atom. The second-order valence-corrected chi connectivity index (χ2v) is 21.6. The highest BCUT2D eigenvalue weighted by molar-refractivity contribution is 7.47. The molecule has 0 aliphatic rings. The molecule has 70 heavy (non-hydrogen) atoms. The van der Waals surface area contributed by atoms with Crippen LogP contribution in [0.4, 0.5) is 0 Å². The summed E-state index contributed by atoms with van der Waals surface area (Å²) in [5, 5.41) is 9.80. The van der Waals surface area contributed by atoms with Crippen molar-refractivity contribution in [1.82, 2.24) is 0 Å². The average Bonchev–Trinajstić information content (AvgIpc) is 3.35. The van der Waals surface area contributed by atoms with Crippen molar-refractivity contribution >= 4 is 25.7 Å². The smallest absolute Gasteiger partial charge is 0.462 e. The van der Waals surface area contributed by atoms with Gasteiger partial charge in [-0.15, -0.1) is 0 Å². The molecule has 0 spiro atoms. The number of aliphatic hydroxyl groups is 1. The molecule has 0 aromatic carbocycles. The number of carbonyl (C=O) groups is 3. The van der Waals surface area contributed by atoms with Crippen LogP contribution in [0.3, 0.4) is 0 Å². The van der Waals surface area contributed by atoms with E-state index in [1.54, 1.807) is 0 Å². The van der Waals surface area contributed by atoms with E-state index in [2.05, 4.69) is 32.9 Å². The van der Waals surface area contributed by atoms with Crippen molar-refractivity contribution in [2.45, 2.75) is 315 Å². The first-order valence-corrected chi connectivity index (χ1v) is 31.1. The quantitative estimate of drug-likeness (QED) is 0.0197. The summed E-state index contributed by atoms with van der Waals surface area (Å²) in [5.74, 6) is -1.44. The molecule has 0 amide bonds. The molecule has 11 nitrogen and oxygen atoms in total. The topological polar surface area (TPSA) is 155 Å². The van der Waals surface area contributed by atoms with Gasteiger partial charge in [0, 0.05) is 19.3 Å². The summed E-state index contributed by atoms with van der Waals surface area (Å²) in [5.41, 5.74) is 0. The maximum Gasteiger partial charge on any atom is 0.472 e. The number of rotatable bonds is 56. The van der Waals surface area contributed by atoms with Crippen molar-refractivity contribution in [3.63, 3.8) is 0 Å². The van der Waals surface area contributed by atoms with Crippen molar-refractivity contribution in [3.05, 3.63) is 12.2 Å². The molecule has 0 aliphatic carbocycles. The summed E-state index contributed by atoms with van der Waals surface area (Å²) in [6.45, 7) is 4.68. The SMILES string of the molecule is CCCCCC/C=C\CCCCCCCC(=O)OC(COC(=O)CCCCCCCCCCCCCCCCCCC)COP(=O)(O)OCC(CO)OC(=O)CCCCCCCCCCCCCCC. The Morgan fingerprint density at radius 1 is 0.386 bits per heavy atom. The van der Waals surface area contributed by atoms with Crippen molar-refractivity contribution < 1.29 is 52.2 Å². The number of allylic oxidation sites excluding steroid dienone is 2. The van der Waals surface area contributed by atoms with Gasteiger partial charge >= 0.3 is 25.7 Å². The van der Waals surface area contributed by atoms with Crippen molar-refractivity contribution in [3.8, 4) is 0 Å². The van der Waals surface area contributed by atoms with Crippen LogP contribution in [0.15, 0.2) is 12.2 Å². The molecule has 2 N–H and O–H groups in total. The van der Waals surface area contributed by atoms with Gasteiger partial charge < -0.3 is 24.2 Å². The van der Waals surface area contributed by atoms with E-state index < -0.39 is 57.8 Å². The molecule has 3 atom stereocenters. The van der Waals surface area contributed by atoms with E-state index in [9.17, 15) is 28.9 Å². The summed E-state index contributed by atoms with van der Waals surface area (Å²) in [6, 6.07) is 0.